The SMILES string of the molecule is CCCNC(=O)COc1ccc(CCO)cc1-n1nc2ccccc2n1. The first-order valence-electron chi connectivity index (χ1n) is 8.67. The highest BCUT2D eigenvalue weighted by molar-refractivity contribution is 5.77. The number of hydrogen-bond acceptors (Lipinski definition) is 5. The van der Waals surface area contributed by atoms with E-state index in [9.17, 15) is 9.90 Å². The first kappa shape index (κ1) is 17.9. The van der Waals surface area contributed by atoms with Gasteiger partial charge in [0.15, 0.2) is 6.61 Å². The monoisotopic (exact) mass is 354 g/mol. The van der Waals surface area contributed by atoms with Gasteiger partial charge in [-0.15, -0.1) is 15.0 Å². The van der Waals surface area contributed by atoms with Gasteiger partial charge in [0, 0.05) is 13.2 Å². The van der Waals surface area contributed by atoms with Crippen LogP contribution in [0, 0.1) is 0 Å². The maximum absolute atomic E-state index is 11.8. The molecule has 0 aliphatic rings. The van der Waals surface area contributed by atoms with Crippen LogP contribution in [0.4, 0.5) is 0 Å². The lowest BCUT2D eigenvalue weighted by Gasteiger charge is -2.12. The molecule has 1 heterocycles. The van der Waals surface area contributed by atoms with Gasteiger partial charge >= 0.3 is 0 Å². The topological polar surface area (TPSA) is 89.3 Å². The number of hydrogen-bond donors (Lipinski definition) is 2. The Bertz CT molecular complexity index is 858. The highest BCUT2D eigenvalue weighted by Gasteiger charge is 2.13. The number of rotatable bonds is 8. The Balaban J connectivity index is 1.89. The van der Waals surface area contributed by atoms with Crippen LogP contribution in [0.5, 0.6) is 5.75 Å². The van der Waals surface area contributed by atoms with Gasteiger partial charge < -0.3 is 15.2 Å². The van der Waals surface area contributed by atoms with Gasteiger partial charge in [-0.3, -0.25) is 4.79 Å². The predicted molar refractivity (Wildman–Crippen MR) is 98.5 cm³/mol. The number of benzene rings is 2. The second-order valence-electron chi connectivity index (χ2n) is 5.89. The third kappa shape index (κ3) is 4.18. The molecule has 0 atom stereocenters. The lowest BCUT2D eigenvalue weighted by atomic mass is 10.1. The van der Waals surface area contributed by atoms with E-state index in [-0.39, 0.29) is 19.1 Å². The normalized spacial score (nSPS) is 10.8. The number of ether oxygens (including phenoxy) is 1. The van der Waals surface area contributed by atoms with Crippen LogP contribution in [-0.4, -0.2) is 45.8 Å². The molecule has 1 amide bonds. The maximum Gasteiger partial charge on any atom is 0.257 e. The number of nitrogens with one attached hydrogen (secondary N) is 1. The van der Waals surface area contributed by atoms with Gasteiger partial charge in [-0.1, -0.05) is 25.1 Å². The Hall–Kier alpha value is -2.93. The molecule has 0 unspecified atom stereocenters. The van der Waals surface area contributed by atoms with E-state index in [0.29, 0.717) is 24.4 Å². The molecule has 0 spiro atoms. The number of aliphatic hydroxyl groups is 1. The molecular formula is C19H22N4O3. The fraction of sp³-hybridized carbons (Fsp3) is 0.316. The van der Waals surface area contributed by atoms with E-state index >= 15 is 0 Å². The Morgan fingerprint density at radius 2 is 1.92 bits per heavy atom. The zero-order valence-corrected chi connectivity index (χ0v) is 14.7. The van der Waals surface area contributed by atoms with E-state index in [2.05, 4.69) is 15.5 Å². The number of aromatic nitrogens is 3. The smallest absolute Gasteiger partial charge is 0.257 e. The van der Waals surface area contributed by atoms with Gasteiger partial charge in [0.25, 0.3) is 5.91 Å². The molecule has 0 aliphatic carbocycles. The van der Waals surface area contributed by atoms with Gasteiger partial charge in [-0.25, -0.2) is 0 Å². The summed E-state index contributed by atoms with van der Waals surface area (Å²) in [5, 5.41) is 20.9. The van der Waals surface area contributed by atoms with Crippen molar-refractivity contribution in [2.24, 2.45) is 0 Å². The minimum Gasteiger partial charge on any atom is -0.481 e. The molecule has 0 fully saturated rings. The minimum atomic E-state index is -0.171. The predicted octanol–water partition coefficient (Wildman–Crippen LogP) is 1.86. The summed E-state index contributed by atoms with van der Waals surface area (Å²) in [4.78, 5) is 13.3. The summed E-state index contributed by atoms with van der Waals surface area (Å²) in [7, 11) is 0. The summed E-state index contributed by atoms with van der Waals surface area (Å²) in [5.41, 5.74) is 3.11. The molecule has 0 saturated heterocycles. The summed E-state index contributed by atoms with van der Waals surface area (Å²) in [5.74, 6) is 0.342. The summed E-state index contributed by atoms with van der Waals surface area (Å²) < 4.78 is 5.70. The average Bonchev–Trinajstić information content (AvgIpc) is 3.09. The second kappa shape index (κ2) is 8.44. The molecule has 1 aromatic heterocycles. The van der Waals surface area contributed by atoms with Crippen LogP contribution in [0.2, 0.25) is 0 Å². The van der Waals surface area contributed by atoms with E-state index in [1.165, 1.54) is 4.80 Å². The fourth-order valence-corrected chi connectivity index (χ4v) is 2.55. The zero-order valence-electron chi connectivity index (χ0n) is 14.7. The lowest BCUT2D eigenvalue weighted by molar-refractivity contribution is -0.123. The van der Waals surface area contributed by atoms with Crippen molar-refractivity contribution in [1.29, 1.82) is 0 Å². The quantitative estimate of drug-likeness (QED) is 0.644. The molecule has 3 aromatic rings. The van der Waals surface area contributed by atoms with Crippen LogP contribution in [0.3, 0.4) is 0 Å². The third-order valence-electron chi connectivity index (χ3n) is 3.86. The highest BCUT2D eigenvalue weighted by Crippen LogP contribution is 2.25. The number of fused-ring (bicyclic) bond motifs is 1. The van der Waals surface area contributed by atoms with Crippen LogP contribution >= 0.6 is 0 Å². The number of aliphatic hydroxyl groups excluding tert-OH is 1. The Morgan fingerprint density at radius 1 is 1.19 bits per heavy atom. The number of carbonyl (C=O) groups is 1. The van der Waals surface area contributed by atoms with Crippen molar-refractivity contribution in [1.82, 2.24) is 20.3 Å². The van der Waals surface area contributed by atoms with Gasteiger partial charge in [-0.05, 0) is 42.7 Å². The summed E-state index contributed by atoms with van der Waals surface area (Å²) in [6, 6.07) is 13.1. The molecular weight excluding hydrogens is 332 g/mol. The minimum absolute atomic E-state index is 0.0492. The standard InChI is InChI=1S/C19H22N4O3/c1-2-10-20-19(25)13-26-18-8-7-14(9-11-24)12-17(18)23-21-15-5-3-4-6-16(15)22-23/h3-8,12,24H,2,9-11,13H2,1H3,(H,20,25). The molecule has 0 bridgehead atoms. The van der Waals surface area contributed by atoms with Crippen LogP contribution in [0.25, 0.3) is 16.7 Å². The maximum atomic E-state index is 11.8. The van der Waals surface area contributed by atoms with Crippen LogP contribution in [0.1, 0.15) is 18.9 Å². The van der Waals surface area contributed by atoms with Crippen LogP contribution in [-0.2, 0) is 11.2 Å². The van der Waals surface area contributed by atoms with Crippen LogP contribution in [0.15, 0.2) is 42.5 Å². The molecule has 136 valence electrons. The van der Waals surface area contributed by atoms with E-state index in [1.54, 1.807) is 6.07 Å². The molecule has 0 saturated carbocycles. The molecule has 0 radical (unpaired) electrons. The number of amides is 1. The Labute approximate surface area is 151 Å². The van der Waals surface area contributed by atoms with Crippen molar-refractivity contribution in [3.8, 4) is 11.4 Å². The summed E-state index contributed by atoms with van der Waals surface area (Å²) in [6.45, 7) is 2.59. The largest absolute Gasteiger partial charge is 0.481 e. The van der Waals surface area contributed by atoms with Crippen molar-refractivity contribution in [2.75, 3.05) is 19.8 Å². The van der Waals surface area contributed by atoms with Crippen molar-refractivity contribution in [3.63, 3.8) is 0 Å². The Morgan fingerprint density at radius 3 is 2.58 bits per heavy atom. The lowest BCUT2D eigenvalue weighted by Crippen LogP contribution is -2.29. The van der Waals surface area contributed by atoms with E-state index in [0.717, 1.165) is 23.0 Å². The molecule has 7 heteroatoms. The zero-order chi connectivity index (χ0) is 18.4. The van der Waals surface area contributed by atoms with Crippen molar-refractivity contribution < 1.29 is 14.6 Å². The molecule has 2 N–H and O–H groups in total. The first-order chi connectivity index (χ1) is 12.7. The third-order valence-corrected chi connectivity index (χ3v) is 3.86. The highest BCUT2D eigenvalue weighted by atomic mass is 16.5. The van der Waals surface area contributed by atoms with Gasteiger partial charge in [0.1, 0.15) is 22.5 Å². The first-order valence-corrected chi connectivity index (χ1v) is 8.67. The van der Waals surface area contributed by atoms with Crippen molar-refractivity contribution in [2.45, 2.75) is 19.8 Å². The average molecular weight is 354 g/mol. The van der Waals surface area contributed by atoms with Crippen molar-refractivity contribution >= 4 is 16.9 Å². The fourth-order valence-electron chi connectivity index (χ4n) is 2.55. The molecule has 2 aromatic carbocycles. The molecule has 0 aliphatic heterocycles. The number of carbonyl (C=O) groups excluding carboxylic acids is 1. The van der Waals surface area contributed by atoms with E-state index in [4.69, 9.17) is 4.74 Å². The van der Waals surface area contributed by atoms with Gasteiger partial charge in [0.2, 0.25) is 0 Å². The second-order valence-corrected chi connectivity index (χ2v) is 5.89. The molecule has 7 nitrogen and oxygen atoms in total. The Kier molecular flexibility index (Phi) is 5.80. The summed E-state index contributed by atoms with van der Waals surface area (Å²) >= 11 is 0. The van der Waals surface area contributed by atoms with Gasteiger partial charge in [0.05, 0.1) is 0 Å². The van der Waals surface area contributed by atoms with Crippen LogP contribution < -0.4 is 10.1 Å². The van der Waals surface area contributed by atoms with E-state index in [1.807, 2.05) is 43.3 Å². The molecule has 26 heavy (non-hydrogen) atoms. The van der Waals surface area contributed by atoms with Gasteiger partial charge in [-0.2, -0.15) is 0 Å². The van der Waals surface area contributed by atoms with Crippen molar-refractivity contribution in [3.05, 3.63) is 48.0 Å². The molecule has 3 rings (SSSR count). The number of nitrogens with zero attached hydrogens (tertiary/aromatic N) is 3. The van der Waals surface area contributed by atoms with E-state index < -0.39 is 0 Å². The summed E-state index contributed by atoms with van der Waals surface area (Å²) in [6.07, 6.45) is 1.39.